The largest absolute Gasteiger partial charge is 0.480 e. The van der Waals surface area contributed by atoms with E-state index < -0.39 is 12.0 Å². The van der Waals surface area contributed by atoms with E-state index in [1.165, 1.54) is 11.2 Å². The zero-order chi connectivity index (χ0) is 11.7. The molecule has 2 rings (SSSR count). The number of hydrogen-bond donors (Lipinski definition) is 1. The van der Waals surface area contributed by atoms with E-state index in [2.05, 4.69) is 15.9 Å². The van der Waals surface area contributed by atoms with Gasteiger partial charge in [-0.3, -0.25) is 4.79 Å². The molecule has 1 N–H and O–H groups in total. The first-order chi connectivity index (χ1) is 7.61. The molecule has 1 aromatic rings. The van der Waals surface area contributed by atoms with Crippen molar-refractivity contribution < 1.29 is 19.1 Å². The van der Waals surface area contributed by atoms with Gasteiger partial charge < -0.3 is 14.4 Å². The molecule has 16 heavy (non-hydrogen) atoms. The molecular formula is C10H10BrNO4. The highest BCUT2D eigenvalue weighted by atomic mass is 79.9. The van der Waals surface area contributed by atoms with Gasteiger partial charge >= 0.3 is 5.97 Å². The number of hydrogen-bond acceptors (Lipinski definition) is 3. The summed E-state index contributed by atoms with van der Waals surface area (Å²) in [6.45, 7) is 0.461. The molecule has 0 spiro atoms. The van der Waals surface area contributed by atoms with Crippen molar-refractivity contribution in [2.75, 3.05) is 6.54 Å². The van der Waals surface area contributed by atoms with Gasteiger partial charge in [-0.25, -0.2) is 4.79 Å². The minimum Gasteiger partial charge on any atom is -0.480 e. The number of carbonyl (C=O) groups excluding carboxylic acids is 1. The Kier molecular flexibility index (Phi) is 3.00. The number of carbonyl (C=O) groups is 2. The summed E-state index contributed by atoms with van der Waals surface area (Å²) in [6, 6.07) is 0.878. The highest BCUT2D eigenvalue weighted by Crippen LogP contribution is 2.24. The zero-order valence-corrected chi connectivity index (χ0v) is 9.94. The molecule has 0 saturated carbocycles. The third kappa shape index (κ3) is 1.84. The predicted octanol–water partition coefficient (Wildman–Crippen LogP) is 1.73. The second-order valence-corrected chi connectivity index (χ2v) is 4.45. The second kappa shape index (κ2) is 4.29. The fourth-order valence-corrected chi connectivity index (χ4v) is 2.21. The van der Waals surface area contributed by atoms with Crippen molar-refractivity contribution in [3.8, 4) is 0 Å². The van der Waals surface area contributed by atoms with E-state index in [4.69, 9.17) is 9.52 Å². The summed E-state index contributed by atoms with van der Waals surface area (Å²) in [5, 5.41) is 8.96. The van der Waals surface area contributed by atoms with Gasteiger partial charge in [0.2, 0.25) is 5.76 Å². The van der Waals surface area contributed by atoms with Crippen LogP contribution in [0.5, 0.6) is 0 Å². The molecule has 1 fully saturated rings. The van der Waals surface area contributed by atoms with Crippen LogP contribution in [0.3, 0.4) is 0 Å². The maximum absolute atomic E-state index is 12.0. The van der Waals surface area contributed by atoms with E-state index in [0.717, 1.165) is 0 Å². The van der Waals surface area contributed by atoms with Gasteiger partial charge in [-0.1, -0.05) is 0 Å². The first-order valence-corrected chi connectivity index (χ1v) is 5.67. The van der Waals surface area contributed by atoms with E-state index in [1.54, 1.807) is 6.07 Å². The molecule has 1 unspecified atom stereocenters. The molecule has 1 aromatic heterocycles. The number of nitrogens with zero attached hydrogens (tertiary/aromatic N) is 1. The van der Waals surface area contributed by atoms with Crippen LogP contribution in [0, 0.1) is 0 Å². The van der Waals surface area contributed by atoms with Gasteiger partial charge in [0.1, 0.15) is 6.04 Å². The topological polar surface area (TPSA) is 70.8 Å². The number of furan rings is 1. The van der Waals surface area contributed by atoms with Crippen LogP contribution in [-0.4, -0.2) is 34.5 Å². The zero-order valence-electron chi connectivity index (χ0n) is 8.35. The Labute approximate surface area is 100 Å². The monoisotopic (exact) mass is 287 g/mol. The average Bonchev–Trinajstić information content (AvgIpc) is 2.84. The smallest absolute Gasteiger partial charge is 0.326 e. The van der Waals surface area contributed by atoms with Gasteiger partial charge in [0.05, 0.1) is 10.7 Å². The molecule has 1 aliphatic heterocycles. The SMILES string of the molecule is O=C(O)C1CCCN1C(=O)c1occc1Br. The molecule has 2 heterocycles. The summed E-state index contributed by atoms with van der Waals surface area (Å²) in [4.78, 5) is 24.3. The molecule has 0 bridgehead atoms. The van der Waals surface area contributed by atoms with Gasteiger partial charge in [0.25, 0.3) is 5.91 Å². The summed E-state index contributed by atoms with van der Waals surface area (Å²) < 4.78 is 5.59. The Morgan fingerprint density at radius 3 is 2.88 bits per heavy atom. The summed E-state index contributed by atoms with van der Waals surface area (Å²) in [5.41, 5.74) is 0. The van der Waals surface area contributed by atoms with Crippen LogP contribution >= 0.6 is 15.9 Å². The van der Waals surface area contributed by atoms with Crippen molar-refractivity contribution in [3.63, 3.8) is 0 Å². The lowest BCUT2D eigenvalue weighted by Gasteiger charge is -2.20. The van der Waals surface area contributed by atoms with Crippen molar-refractivity contribution >= 4 is 27.8 Å². The van der Waals surface area contributed by atoms with Gasteiger partial charge in [0.15, 0.2) is 0 Å². The molecule has 5 nitrogen and oxygen atoms in total. The van der Waals surface area contributed by atoms with E-state index >= 15 is 0 Å². The van der Waals surface area contributed by atoms with Crippen LogP contribution in [0.15, 0.2) is 21.2 Å². The second-order valence-electron chi connectivity index (χ2n) is 3.59. The molecular weight excluding hydrogens is 278 g/mol. The average molecular weight is 288 g/mol. The standard InChI is InChI=1S/C10H10BrNO4/c11-6-3-5-16-8(6)9(13)12-4-1-2-7(12)10(14)15/h3,5,7H,1-2,4H2,(H,14,15). The molecule has 1 aliphatic rings. The summed E-state index contributed by atoms with van der Waals surface area (Å²) in [6.07, 6.45) is 2.60. The molecule has 1 saturated heterocycles. The van der Waals surface area contributed by atoms with Crippen LogP contribution in [0.2, 0.25) is 0 Å². The van der Waals surface area contributed by atoms with Crippen molar-refractivity contribution in [3.05, 3.63) is 22.6 Å². The normalized spacial score (nSPS) is 20.1. The number of likely N-dealkylation sites (tertiary alicyclic amines) is 1. The van der Waals surface area contributed by atoms with Gasteiger partial charge in [-0.2, -0.15) is 0 Å². The number of aliphatic carboxylic acids is 1. The lowest BCUT2D eigenvalue weighted by atomic mass is 10.2. The van der Waals surface area contributed by atoms with Gasteiger partial charge in [-0.05, 0) is 34.8 Å². The Hall–Kier alpha value is -1.30. The van der Waals surface area contributed by atoms with E-state index in [1.807, 2.05) is 0 Å². The Morgan fingerprint density at radius 1 is 1.56 bits per heavy atom. The molecule has 0 aliphatic carbocycles. The van der Waals surface area contributed by atoms with Crippen molar-refractivity contribution in [2.45, 2.75) is 18.9 Å². The van der Waals surface area contributed by atoms with Gasteiger partial charge in [0, 0.05) is 6.54 Å². The first kappa shape index (κ1) is 11.2. The van der Waals surface area contributed by atoms with Gasteiger partial charge in [-0.15, -0.1) is 0 Å². The quantitative estimate of drug-likeness (QED) is 0.899. The van der Waals surface area contributed by atoms with Crippen molar-refractivity contribution in [2.24, 2.45) is 0 Å². The predicted molar refractivity (Wildman–Crippen MR) is 58.1 cm³/mol. The molecule has 0 aromatic carbocycles. The van der Waals surface area contributed by atoms with Crippen molar-refractivity contribution in [1.29, 1.82) is 0 Å². The molecule has 1 amide bonds. The summed E-state index contributed by atoms with van der Waals surface area (Å²) in [5.74, 6) is -1.18. The lowest BCUT2D eigenvalue weighted by molar-refractivity contribution is -0.141. The third-order valence-corrected chi connectivity index (χ3v) is 3.23. The third-order valence-electron chi connectivity index (χ3n) is 2.61. The fraction of sp³-hybridized carbons (Fsp3) is 0.400. The van der Waals surface area contributed by atoms with Crippen LogP contribution in [0.25, 0.3) is 0 Å². The van der Waals surface area contributed by atoms with Crippen LogP contribution in [0.4, 0.5) is 0 Å². The van der Waals surface area contributed by atoms with E-state index in [-0.39, 0.29) is 11.7 Å². The van der Waals surface area contributed by atoms with E-state index in [0.29, 0.717) is 23.9 Å². The number of halogens is 1. The number of rotatable bonds is 2. The highest BCUT2D eigenvalue weighted by molar-refractivity contribution is 9.10. The molecule has 86 valence electrons. The van der Waals surface area contributed by atoms with Crippen LogP contribution in [-0.2, 0) is 4.79 Å². The number of carboxylic acid groups (broad SMARTS) is 1. The van der Waals surface area contributed by atoms with Crippen LogP contribution < -0.4 is 0 Å². The Bertz CT molecular complexity index is 428. The highest BCUT2D eigenvalue weighted by Gasteiger charge is 2.36. The van der Waals surface area contributed by atoms with Crippen molar-refractivity contribution in [1.82, 2.24) is 4.90 Å². The number of amides is 1. The maximum atomic E-state index is 12.0. The Balaban J connectivity index is 2.22. The number of carboxylic acids is 1. The molecule has 1 atom stereocenters. The fourth-order valence-electron chi connectivity index (χ4n) is 1.84. The summed E-state index contributed by atoms with van der Waals surface area (Å²) in [7, 11) is 0. The first-order valence-electron chi connectivity index (χ1n) is 4.88. The molecule has 6 heteroatoms. The van der Waals surface area contributed by atoms with E-state index in [9.17, 15) is 9.59 Å². The Morgan fingerprint density at radius 2 is 2.31 bits per heavy atom. The minimum absolute atomic E-state index is 0.160. The maximum Gasteiger partial charge on any atom is 0.326 e. The van der Waals surface area contributed by atoms with Crippen LogP contribution in [0.1, 0.15) is 23.4 Å². The minimum atomic E-state index is -0.964. The summed E-state index contributed by atoms with van der Waals surface area (Å²) >= 11 is 3.18. The lowest BCUT2D eigenvalue weighted by Crippen LogP contribution is -2.40. The molecule has 0 radical (unpaired) electrons.